The molecule has 0 aromatic heterocycles. The number of carboxylic acids is 2. The van der Waals surface area contributed by atoms with E-state index in [-0.39, 0.29) is 36.7 Å². The van der Waals surface area contributed by atoms with Gasteiger partial charge in [-0.3, -0.25) is 0 Å². The summed E-state index contributed by atoms with van der Waals surface area (Å²) in [4.78, 5) is 20.4. The predicted molar refractivity (Wildman–Crippen MR) is 166 cm³/mol. The van der Waals surface area contributed by atoms with Gasteiger partial charge in [-0.2, -0.15) is 0 Å². The van der Waals surface area contributed by atoms with E-state index in [2.05, 4.69) is 13.8 Å². The minimum Gasteiger partial charge on any atom is -0.550 e. The zero-order valence-corrected chi connectivity index (χ0v) is 29.2. The first-order valence-corrected chi connectivity index (χ1v) is 16.9. The molecule has 0 aromatic rings. The summed E-state index contributed by atoms with van der Waals surface area (Å²) in [7, 11) is 0. The van der Waals surface area contributed by atoms with Crippen molar-refractivity contribution in [1.29, 1.82) is 0 Å². The molecule has 5 heteroatoms. The van der Waals surface area contributed by atoms with E-state index in [9.17, 15) is 19.8 Å². The summed E-state index contributed by atoms with van der Waals surface area (Å²) >= 11 is 0. The van der Waals surface area contributed by atoms with Crippen LogP contribution in [0.5, 0.6) is 0 Å². The molecule has 39 heavy (non-hydrogen) atoms. The van der Waals surface area contributed by atoms with Crippen LogP contribution in [0.1, 0.15) is 206 Å². The molecule has 4 nitrogen and oxygen atoms in total. The summed E-state index contributed by atoms with van der Waals surface area (Å²) in [5, 5.41) is 20.4. The van der Waals surface area contributed by atoms with Crippen LogP contribution in [0.4, 0.5) is 0 Å². The maximum absolute atomic E-state index is 10.2. The molecule has 0 saturated heterocycles. The topological polar surface area (TPSA) is 80.3 Å². The van der Waals surface area contributed by atoms with E-state index in [1.54, 1.807) is 0 Å². The van der Waals surface area contributed by atoms with Gasteiger partial charge in [-0.1, -0.05) is 181 Å². The van der Waals surface area contributed by atoms with Gasteiger partial charge < -0.3 is 19.8 Å². The van der Waals surface area contributed by atoms with Crippen molar-refractivity contribution < 1.29 is 19.8 Å². The first kappa shape index (κ1) is 43.2. The molecule has 0 aliphatic carbocycles. The summed E-state index contributed by atoms with van der Waals surface area (Å²) in [6.07, 6.45) is 36.8. The van der Waals surface area contributed by atoms with E-state index < -0.39 is 11.9 Å². The third kappa shape index (κ3) is 47.9. The third-order valence-electron chi connectivity index (χ3n) is 7.47. The molecule has 0 rings (SSSR count). The first-order chi connectivity index (χ1) is 18.5. The summed E-state index contributed by atoms with van der Waals surface area (Å²) in [6.45, 7) is 4.52. The maximum atomic E-state index is 10.2. The van der Waals surface area contributed by atoms with Crippen molar-refractivity contribution in [3.63, 3.8) is 0 Å². The Hall–Kier alpha value is -0.261. The fourth-order valence-corrected chi connectivity index (χ4v) is 4.93. The molecule has 0 atom stereocenters. The molecule has 0 aliphatic rings. The van der Waals surface area contributed by atoms with Crippen LogP contribution in [-0.2, 0) is 9.59 Å². The van der Waals surface area contributed by atoms with Crippen LogP contribution in [0, 0.1) is 0 Å². The van der Waals surface area contributed by atoms with Crippen molar-refractivity contribution in [3.05, 3.63) is 0 Å². The first-order valence-electron chi connectivity index (χ1n) is 16.9. The quantitative estimate of drug-likeness (QED) is 0.0571. The van der Waals surface area contributed by atoms with Gasteiger partial charge in [-0.05, 0) is 25.7 Å². The minimum atomic E-state index is -0.904. The average molecular weight is 658 g/mol. The molecule has 2 radical (unpaired) electrons. The van der Waals surface area contributed by atoms with E-state index in [1.165, 1.54) is 154 Å². The number of carbonyl (C=O) groups is 2. The predicted octanol–water partition coefficient (Wildman–Crippen LogP) is 8.83. The fraction of sp³-hybridized carbons (Fsp3) is 0.941. The van der Waals surface area contributed by atoms with Crippen LogP contribution >= 0.6 is 0 Å². The molecule has 0 unspecified atom stereocenters. The molecule has 0 N–H and O–H groups in total. The summed E-state index contributed by atoms with van der Waals surface area (Å²) < 4.78 is 0. The van der Waals surface area contributed by atoms with Crippen LogP contribution in [0.15, 0.2) is 0 Å². The Balaban J connectivity index is -0.000000648. The molecule has 0 saturated carbocycles. The molecular formula is C34H66O4Sn. The maximum Gasteiger partial charge on any atom is 2.00 e. The van der Waals surface area contributed by atoms with Crippen LogP contribution < -0.4 is 10.2 Å². The van der Waals surface area contributed by atoms with Crippen molar-refractivity contribution in [2.75, 3.05) is 0 Å². The second kappa shape index (κ2) is 39.9. The molecule has 0 bridgehead atoms. The van der Waals surface area contributed by atoms with Gasteiger partial charge >= 0.3 is 23.9 Å². The fourth-order valence-electron chi connectivity index (χ4n) is 4.93. The molecule has 0 heterocycles. The van der Waals surface area contributed by atoms with E-state index in [4.69, 9.17) is 0 Å². The van der Waals surface area contributed by atoms with E-state index in [1.807, 2.05) is 0 Å². The van der Waals surface area contributed by atoms with Crippen molar-refractivity contribution in [2.45, 2.75) is 206 Å². The largest absolute Gasteiger partial charge is 2.00 e. The number of rotatable bonds is 30. The van der Waals surface area contributed by atoms with E-state index in [0.29, 0.717) is 0 Å². The molecule has 0 aliphatic heterocycles. The van der Waals surface area contributed by atoms with Crippen molar-refractivity contribution in [3.8, 4) is 0 Å². The molecule has 0 aromatic carbocycles. The third-order valence-corrected chi connectivity index (χ3v) is 7.47. The molecule has 0 amide bonds. The number of hydrogen-bond acceptors (Lipinski definition) is 4. The molecule has 0 fully saturated rings. The van der Waals surface area contributed by atoms with E-state index in [0.717, 1.165) is 25.7 Å². The molecule has 0 spiro atoms. The van der Waals surface area contributed by atoms with E-state index >= 15 is 0 Å². The Morgan fingerprint density at radius 1 is 0.333 bits per heavy atom. The standard InChI is InChI=1S/2C17H34O2.Sn/c2*1-2-3-4-5-6-7-8-9-10-11-12-13-14-15-16-17(18)19;/h2*2-16H2,1H3,(H,18,19);/q;;+2/p-2. The normalized spacial score (nSPS) is 10.5. The van der Waals surface area contributed by atoms with Crippen LogP contribution in [0.3, 0.4) is 0 Å². The Bertz CT molecular complexity index is 428. The van der Waals surface area contributed by atoms with Gasteiger partial charge in [0.15, 0.2) is 0 Å². The van der Waals surface area contributed by atoms with Crippen molar-refractivity contribution in [1.82, 2.24) is 0 Å². The van der Waals surface area contributed by atoms with Gasteiger partial charge in [-0.15, -0.1) is 0 Å². The smallest absolute Gasteiger partial charge is 0.550 e. The Kier molecular flexibility index (Phi) is 44.2. The van der Waals surface area contributed by atoms with Crippen LogP contribution in [0.2, 0.25) is 0 Å². The van der Waals surface area contributed by atoms with Crippen LogP contribution in [0.25, 0.3) is 0 Å². The second-order valence-electron chi connectivity index (χ2n) is 11.4. The van der Waals surface area contributed by atoms with Crippen LogP contribution in [-0.4, -0.2) is 35.8 Å². The molecular weight excluding hydrogens is 591 g/mol. The number of carboxylic acid groups (broad SMARTS) is 2. The van der Waals surface area contributed by atoms with Gasteiger partial charge in [0.25, 0.3) is 0 Å². The summed E-state index contributed by atoms with van der Waals surface area (Å²) in [6, 6.07) is 0. The number of carbonyl (C=O) groups excluding carboxylic acids is 2. The number of hydrogen-bond donors (Lipinski definition) is 0. The van der Waals surface area contributed by atoms with Gasteiger partial charge in [-0.25, -0.2) is 0 Å². The second-order valence-corrected chi connectivity index (χ2v) is 11.4. The van der Waals surface area contributed by atoms with Gasteiger partial charge in [0.1, 0.15) is 0 Å². The Labute approximate surface area is 261 Å². The number of unbranched alkanes of at least 4 members (excludes halogenated alkanes) is 26. The zero-order valence-electron chi connectivity index (χ0n) is 26.3. The van der Waals surface area contributed by atoms with Crippen molar-refractivity contribution >= 4 is 35.8 Å². The Morgan fingerprint density at radius 2 is 0.487 bits per heavy atom. The van der Waals surface area contributed by atoms with Crippen molar-refractivity contribution in [2.24, 2.45) is 0 Å². The SMILES string of the molecule is CCCCCCCCCCCCCCCCC(=O)[O-].CCCCCCCCCCCCCCCCC(=O)[O-].[Sn+2]. The summed E-state index contributed by atoms with van der Waals surface area (Å²) in [5.74, 6) is -1.81. The van der Waals surface area contributed by atoms with Gasteiger partial charge in [0.05, 0.1) is 0 Å². The average Bonchev–Trinajstić information content (AvgIpc) is 2.89. The number of aliphatic carboxylic acids is 2. The molecule has 230 valence electrons. The Morgan fingerprint density at radius 3 is 0.641 bits per heavy atom. The summed E-state index contributed by atoms with van der Waals surface area (Å²) in [5.41, 5.74) is 0. The van der Waals surface area contributed by atoms with Gasteiger partial charge in [0, 0.05) is 11.9 Å². The monoisotopic (exact) mass is 658 g/mol. The minimum absolute atomic E-state index is 0. The van der Waals surface area contributed by atoms with Gasteiger partial charge in [0.2, 0.25) is 0 Å². The zero-order chi connectivity index (χ0) is 28.4.